The maximum atomic E-state index is 12.6. The number of ether oxygens (including phenoxy) is 3. The highest BCUT2D eigenvalue weighted by molar-refractivity contribution is 5.84. The molecule has 0 heterocycles. The lowest BCUT2D eigenvalue weighted by Gasteiger charge is -2.22. The van der Waals surface area contributed by atoms with E-state index in [2.05, 4.69) is 10.3 Å². The molecular formula is C26H34N2O5. The number of alkyl carbamates (subject to hydrolysis) is 1. The Hall–Kier alpha value is -3.35. The zero-order valence-electron chi connectivity index (χ0n) is 19.9. The van der Waals surface area contributed by atoms with Crippen molar-refractivity contribution in [2.24, 2.45) is 4.99 Å². The molecule has 7 heteroatoms. The van der Waals surface area contributed by atoms with Gasteiger partial charge in [-0.25, -0.2) is 9.59 Å². The number of esters is 1. The third-order valence-corrected chi connectivity index (χ3v) is 4.58. The van der Waals surface area contributed by atoms with Crippen molar-refractivity contribution in [1.29, 1.82) is 0 Å². The van der Waals surface area contributed by atoms with Crippen LogP contribution in [0.3, 0.4) is 0 Å². The van der Waals surface area contributed by atoms with E-state index in [1.54, 1.807) is 13.3 Å². The average Bonchev–Trinajstić information content (AvgIpc) is 2.79. The second-order valence-electron chi connectivity index (χ2n) is 8.58. The number of methoxy groups -OCH3 is 1. The summed E-state index contributed by atoms with van der Waals surface area (Å²) in [6, 6.07) is 16.3. The van der Waals surface area contributed by atoms with Crippen LogP contribution in [-0.4, -0.2) is 43.6 Å². The molecular weight excluding hydrogens is 420 g/mol. The molecule has 33 heavy (non-hydrogen) atoms. The predicted molar refractivity (Wildman–Crippen MR) is 129 cm³/mol. The molecule has 1 amide bonds. The number of aliphatic imine (C=N–C) groups is 1. The maximum Gasteiger partial charge on any atom is 0.407 e. The highest BCUT2D eigenvalue weighted by Crippen LogP contribution is 2.15. The summed E-state index contributed by atoms with van der Waals surface area (Å²) in [6.07, 6.45) is 3.12. The van der Waals surface area contributed by atoms with E-state index >= 15 is 0 Å². The van der Waals surface area contributed by atoms with Gasteiger partial charge in [-0.2, -0.15) is 0 Å². The smallest absolute Gasteiger partial charge is 0.407 e. The van der Waals surface area contributed by atoms with E-state index in [1.807, 2.05) is 75.4 Å². The minimum atomic E-state index is -0.614. The molecule has 0 spiro atoms. The van der Waals surface area contributed by atoms with E-state index in [4.69, 9.17) is 14.2 Å². The number of carbonyl (C=O) groups excluding carboxylic acids is 2. The minimum Gasteiger partial charge on any atom is -0.497 e. The van der Waals surface area contributed by atoms with Gasteiger partial charge in [0.25, 0.3) is 0 Å². The van der Waals surface area contributed by atoms with Gasteiger partial charge in [0.1, 0.15) is 24.0 Å². The van der Waals surface area contributed by atoms with Gasteiger partial charge in [-0.3, -0.25) is 4.99 Å². The molecule has 0 aliphatic carbocycles. The van der Waals surface area contributed by atoms with E-state index in [0.29, 0.717) is 25.8 Å². The first-order valence-corrected chi connectivity index (χ1v) is 11.1. The van der Waals surface area contributed by atoms with Crippen molar-refractivity contribution in [3.05, 3.63) is 65.7 Å². The van der Waals surface area contributed by atoms with Crippen molar-refractivity contribution in [3.8, 4) is 5.75 Å². The normalized spacial score (nSPS) is 12.2. The lowest BCUT2D eigenvalue weighted by atomic mass is 10.1. The average molecular weight is 455 g/mol. The molecule has 0 aliphatic heterocycles. The molecule has 2 rings (SSSR count). The molecule has 1 N–H and O–H groups in total. The van der Waals surface area contributed by atoms with Gasteiger partial charge in [0.05, 0.1) is 7.11 Å². The molecule has 178 valence electrons. The molecule has 1 unspecified atom stereocenters. The maximum absolute atomic E-state index is 12.6. The van der Waals surface area contributed by atoms with Gasteiger partial charge in [-0.1, -0.05) is 30.3 Å². The lowest BCUT2D eigenvalue weighted by Crippen LogP contribution is -2.31. The number of amides is 1. The highest BCUT2D eigenvalue weighted by Gasteiger charge is 2.24. The van der Waals surface area contributed by atoms with Gasteiger partial charge in [-0.15, -0.1) is 0 Å². The van der Waals surface area contributed by atoms with Crippen LogP contribution in [0.1, 0.15) is 51.2 Å². The minimum absolute atomic E-state index is 0.230. The Kier molecular flexibility index (Phi) is 10.4. The van der Waals surface area contributed by atoms with Gasteiger partial charge in [0, 0.05) is 12.8 Å². The summed E-state index contributed by atoms with van der Waals surface area (Å²) in [7, 11) is 1.61. The molecule has 2 aromatic carbocycles. The van der Waals surface area contributed by atoms with Gasteiger partial charge >= 0.3 is 12.1 Å². The SMILES string of the molecule is COc1ccc(C=NC(CCCCNC(=O)OCc2ccccc2)C(=O)OC(C)(C)C)cc1. The monoisotopic (exact) mass is 454 g/mol. The summed E-state index contributed by atoms with van der Waals surface area (Å²) >= 11 is 0. The molecule has 7 nitrogen and oxygen atoms in total. The molecule has 1 atom stereocenters. The summed E-state index contributed by atoms with van der Waals surface area (Å²) in [5.41, 5.74) is 1.21. The zero-order chi connectivity index (χ0) is 24.1. The van der Waals surface area contributed by atoms with Crippen molar-refractivity contribution in [2.45, 2.75) is 58.3 Å². The lowest BCUT2D eigenvalue weighted by molar-refractivity contribution is -0.156. The molecule has 0 fully saturated rings. The van der Waals surface area contributed by atoms with Crippen LogP contribution in [0, 0.1) is 0 Å². The third-order valence-electron chi connectivity index (χ3n) is 4.58. The molecule has 2 aromatic rings. The summed E-state index contributed by atoms with van der Waals surface area (Å²) in [6.45, 7) is 6.19. The predicted octanol–water partition coefficient (Wildman–Crippen LogP) is 4.92. The summed E-state index contributed by atoms with van der Waals surface area (Å²) in [5.74, 6) is 0.396. The first-order chi connectivity index (χ1) is 15.8. The second-order valence-corrected chi connectivity index (χ2v) is 8.58. The van der Waals surface area contributed by atoms with Crippen LogP contribution in [0.4, 0.5) is 4.79 Å². The molecule has 0 saturated carbocycles. The molecule has 0 aliphatic rings. The number of carbonyl (C=O) groups is 2. The van der Waals surface area contributed by atoms with Crippen LogP contribution in [0.5, 0.6) is 5.75 Å². The Labute approximate surface area is 196 Å². The Bertz CT molecular complexity index is 889. The third kappa shape index (κ3) is 10.7. The Morgan fingerprint density at radius 3 is 2.36 bits per heavy atom. The van der Waals surface area contributed by atoms with Crippen LogP contribution < -0.4 is 10.1 Å². The molecule has 0 saturated heterocycles. The van der Waals surface area contributed by atoms with Gasteiger partial charge in [0.2, 0.25) is 0 Å². The fraction of sp³-hybridized carbons (Fsp3) is 0.423. The number of nitrogens with zero attached hydrogens (tertiary/aromatic N) is 1. The molecule has 0 aromatic heterocycles. The number of rotatable bonds is 11. The quantitative estimate of drug-likeness (QED) is 0.296. The zero-order valence-corrected chi connectivity index (χ0v) is 19.9. The van der Waals surface area contributed by atoms with Crippen LogP contribution in [0.2, 0.25) is 0 Å². The summed E-state index contributed by atoms with van der Waals surface area (Å²) < 4.78 is 15.9. The van der Waals surface area contributed by atoms with Crippen molar-refractivity contribution in [2.75, 3.05) is 13.7 Å². The standard InChI is InChI=1S/C26H34N2O5/c1-26(2,3)33-24(29)23(28-18-20-13-15-22(31-4)16-14-20)12-8-9-17-27-25(30)32-19-21-10-6-5-7-11-21/h5-7,10-11,13-16,18,23H,8-9,12,17,19H2,1-4H3,(H,27,30). The molecule has 0 bridgehead atoms. The van der Waals surface area contributed by atoms with Crippen molar-refractivity contribution >= 4 is 18.3 Å². The molecule has 0 radical (unpaired) electrons. The van der Waals surface area contributed by atoms with Gasteiger partial charge in [0.15, 0.2) is 0 Å². The van der Waals surface area contributed by atoms with E-state index in [0.717, 1.165) is 16.9 Å². The van der Waals surface area contributed by atoms with Crippen LogP contribution in [-0.2, 0) is 20.9 Å². The number of nitrogens with one attached hydrogen (secondary N) is 1. The first kappa shape index (κ1) is 25.9. The van der Waals surface area contributed by atoms with Crippen LogP contribution in [0.15, 0.2) is 59.6 Å². The number of hydrogen-bond donors (Lipinski definition) is 1. The second kappa shape index (κ2) is 13.3. The van der Waals surface area contributed by atoms with Gasteiger partial charge in [-0.05, 0) is 75.4 Å². The fourth-order valence-electron chi connectivity index (χ4n) is 2.92. The Balaban J connectivity index is 1.80. The largest absolute Gasteiger partial charge is 0.497 e. The van der Waals surface area contributed by atoms with Crippen molar-refractivity contribution in [3.63, 3.8) is 0 Å². The summed E-state index contributed by atoms with van der Waals surface area (Å²) in [4.78, 5) is 28.9. The Morgan fingerprint density at radius 1 is 1.03 bits per heavy atom. The van der Waals surface area contributed by atoms with Crippen molar-refractivity contribution < 1.29 is 23.8 Å². The van der Waals surface area contributed by atoms with Crippen LogP contribution >= 0.6 is 0 Å². The van der Waals surface area contributed by atoms with Gasteiger partial charge < -0.3 is 19.5 Å². The summed E-state index contributed by atoms with van der Waals surface area (Å²) in [5, 5.41) is 2.74. The van der Waals surface area contributed by atoms with E-state index < -0.39 is 17.7 Å². The number of unbranched alkanes of at least 4 members (excludes halogenated alkanes) is 1. The fourth-order valence-corrected chi connectivity index (χ4v) is 2.92. The Morgan fingerprint density at radius 2 is 1.73 bits per heavy atom. The number of hydrogen-bond acceptors (Lipinski definition) is 6. The highest BCUT2D eigenvalue weighted by atomic mass is 16.6. The van der Waals surface area contributed by atoms with Crippen LogP contribution in [0.25, 0.3) is 0 Å². The van der Waals surface area contributed by atoms with E-state index in [9.17, 15) is 9.59 Å². The number of benzene rings is 2. The topological polar surface area (TPSA) is 86.2 Å². The first-order valence-electron chi connectivity index (χ1n) is 11.1. The van der Waals surface area contributed by atoms with E-state index in [-0.39, 0.29) is 12.6 Å². The van der Waals surface area contributed by atoms with E-state index in [1.165, 1.54) is 0 Å². The van der Waals surface area contributed by atoms with Crippen molar-refractivity contribution in [1.82, 2.24) is 5.32 Å².